The minimum Gasteiger partial charge on any atom is -0.360 e. The molecule has 2 aromatic carbocycles. The molecule has 30 heavy (non-hydrogen) atoms. The van der Waals surface area contributed by atoms with Gasteiger partial charge in [-0.1, -0.05) is 48.5 Å². The van der Waals surface area contributed by atoms with Crippen LogP contribution in [0.15, 0.2) is 66.2 Å². The highest BCUT2D eigenvalue weighted by molar-refractivity contribution is 7.92. The van der Waals surface area contributed by atoms with Gasteiger partial charge in [0.1, 0.15) is 6.04 Å². The Bertz CT molecular complexity index is 1160. The number of para-hydroxylation sites is 1. The Morgan fingerprint density at radius 3 is 2.47 bits per heavy atom. The number of nitrogens with one attached hydrogen (secondary N) is 2. The Morgan fingerprint density at radius 2 is 1.73 bits per heavy atom. The van der Waals surface area contributed by atoms with Crippen LogP contribution in [-0.4, -0.2) is 55.7 Å². The van der Waals surface area contributed by atoms with Gasteiger partial charge in [-0.2, -0.15) is 4.31 Å². The Labute approximate surface area is 176 Å². The molecule has 7 heteroatoms. The fourth-order valence-corrected chi connectivity index (χ4v) is 5.16. The van der Waals surface area contributed by atoms with Gasteiger partial charge in [-0.15, -0.1) is 0 Å². The number of hydrogen-bond donors (Lipinski definition) is 2. The molecule has 4 rings (SSSR count). The number of quaternary nitrogens is 1. The molecule has 0 saturated carbocycles. The second-order valence-electron chi connectivity index (χ2n) is 7.65. The summed E-state index contributed by atoms with van der Waals surface area (Å²) < 4.78 is 26.8. The van der Waals surface area contributed by atoms with E-state index < -0.39 is 10.0 Å². The van der Waals surface area contributed by atoms with E-state index >= 15 is 0 Å². The lowest BCUT2D eigenvalue weighted by Gasteiger charge is -2.33. The van der Waals surface area contributed by atoms with Crippen molar-refractivity contribution in [3.63, 3.8) is 0 Å². The third kappa shape index (κ3) is 4.23. The summed E-state index contributed by atoms with van der Waals surface area (Å²) in [5, 5.41) is 2.20. The van der Waals surface area contributed by atoms with Gasteiger partial charge in [-0.25, -0.2) is 8.42 Å². The lowest BCUT2D eigenvalue weighted by molar-refractivity contribution is -0.917. The summed E-state index contributed by atoms with van der Waals surface area (Å²) in [5.41, 5.74) is 2.50. The van der Waals surface area contributed by atoms with Crippen LogP contribution in [0, 0.1) is 0 Å². The van der Waals surface area contributed by atoms with Crippen molar-refractivity contribution in [1.82, 2.24) is 9.29 Å². The first kappa shape index (κ1) is 20.5. The van der Waals surface area contributed by atoms with Gasteiger partial charge in [0.05, 0.1) is 26.2 Å². The largest absolute Gasteiger partial charge is 0.360 e. The van der Waals surface area contributed by atoms with E-state index in [9.17, 15) is 13.2 Å². The molecule has 1 fully saturated rings. The van der Waals surface area contributed by atoms with Crippen LogP contribution in [0.5, 0.6) is 0 Å². The van der Waals surface area contributed by atoms with Gasteiger partial charge in [0.25, 0.3) is 0 Å². The molecule has 0 amide bonds. The number of piperazine rings is 1. The molecule has 6 nitrogen and oxygen atoms in total. The van der Waals surface area contributed by atoms with Crippen LogP contribution >= 0.6 is 0 Å². The summed E-state index contributed by atoms with van der Waals surface area (Å²) in [5.74, 6) is 0.0859. The first-order chi connectivity index (χ1) is 14.5. The molecule has 3 aromatic rings. The molecule has 0 spiro atoms. The topological polar surface area (TPSA) is 74.7 Å². The number of fused-ring (bicyclic) bond motifs is 1. The normalized spacial score (nSPS) is 17.5. The highest BCUT2D eigenvalue weighted by Gasteiger charge is 2.33. The van der Waals surface area contributed by atoms with Gasteiger partial charge in [0.15, 0.2) is 0 Å². The van der Waals surface area contributed by atoms with Crippen LogP contribution in [0.2, 0.25) is 0 Å². The third-order valence-corrected chi connectivity index (χ3v) is 7.38. The number of Topliss-reactive ketones (excluding diaryl/α,β-unsaturated/α-hetero) is 1. The molecule has 2 heterocycles. The lowest BCUT2D eigenvalue weighted by atomic mass is 10.0. The average molecular weight is 425 g/mol. The predicted octanol–water partition coefficient (Wildman–Crippen LogP) is 1.94. The third-order valence-electron chi connectivity index (χ3n) is 5.82. The minimum atomic E-state index is -3.47. The second-order valence-corrected chi connectivity index (χ2v) is 9.47. The first-order valence-electron chi connectivity index (χ1n) is 10.1. The number of benzene rings is 2. The van der Waals surface area contributed by atoms with Crippen LogP contribution in [-0.2, 0) is 10.0 Å². The van der Waals surface area contributed by atoms with Gasteiger partial charge >= 0.3 is 0 Å². The first-order valence-corrected chi connectivity index (χ1v) is 11.6. The SMILES string of the molecule is C[C@H](C(=O)c1c[nH]c2ccccc12)[NH+]1CCN(S(=O)(=O)/C=C/c2ccccc2)CC1. The molecule has 0 aliphatic carbocycles. The molecule has 1 aliphatic rings. The van der Waals surface area contributed by atoms with Crippen LogP contribution in [0.4, 0.5) is 0 Å². The van der Waals surface area contributed by atoms with E-state index in [2.05, 4.69) is 4.98 Å². The smallest absolute Gasteiger partial charge is 0.236 e. The minimum absolute atomic E-state index is 0.0859. The zero-order chi connectivity index (χ0) is 21.1. The zero-order valence-corrected chi connectivity index (χ0v) is 17.7. The maximum Gasteiger partial charge on any atom is 0.236 e. The number of aromatic nitrogens is 1. The molecular weight excluding hydrogens is 398 g/mol. The van der Waals surface area contributed by atoms with Crippen molar-refractivity contribution in [3.05, 3.63) is 77.3 Å². The van der Waals surface area contributed by atoms with Crippen LogP contribution < -0.4 is 4.90 Å². The molecular formula is C23H26N3O3S+. The summed E-state index contributed by atoms with van der Waals surface area (Å²) in [4.78, 5) is 17.3. The highest BCUT2D eigenvalue weighted by Crippen LogP contribution is 2.19. The highest BCUT2D eigenvalue weighted by atomic mass is 32.2. The number of rotatable bonds is 6. The summed E-state index contributed by atoms with van der Waals surface area (Å²) in [6.07, 6.45) is 3.40. The van der Waals surface area contributed by atoms with Crippen LogP contribution in [0.1, 0.15) is 22.8 Å². The molecule has 1 aliphatic heterocycles. The van der Waals surface area contributed by atoms with Crippen molar-refractivity contribution in [3.8, 4) is 0 Å². The second kappa shape index (κ2) is 8.55. The van der Waals surface area contributed by atoms with Gasteiger partial charge in [-0.05, 0) is 24.6 Å². The summed E-state index contributed by atoms with van der Waals surface area (Å²) in [7, 11) is -3.47. The molecule has 0 radical (unpaired) electrons. The van der Waals surface area contributed by atoms with Crippen molar-refractivity contribution < 1.29 is 18.1 Å². The number of carbonyl (C=O) groups is 1. The number of aromatic amines is 1. The summed E-state index contributed by atoms with van der Waals surface area (Å²) in [6, 6.07) is 16.9. The fraction of sp³-hybridized carbons (Fsp3) is 0.261. The van der Waals surface area contributed by atoms with E-state index in [1.54, 1.807) is 12.3 Å². The number of ketones is 1. The maximum atomic E-state index is 13.1. The fourth-order valence-electron chi connectivity index (χ4n) is 3.97. The van der Waals surface area contributed by atoms with Crippen molar-refractivity contribution in [2.24, 2.45) is 0 Å². The van der Waals surface area contributed by atoms with E-state index in [4.69, 9.17) is 0 Å². The molecule has 1 atom stereocenters. The van der Waals surface area contributed by atoms with Crippen molar-refractivity contribution in [2.45, 2.75) is 13.0 Å². The Hall–Kier alpha value is -2.74. The molecule has 1 aromatic heterocycles. The van der Waals surface area contributed by atoms with Gasteiger partial charge < -0.3 is 9.88 Å². The Balaban J connectivity index is 1.40. The number of carbonyl (C=O) groups excluding carboxylic acids is 1. The molecule has 156 valence electrons. The number of sulfonamides is 1. The maximum absolute atomic E-state index is 13.1. The lowest BCUT2D eigenvalue weighted by Crippen LogP contribution is -3.18. The predicted molar refractivity (Wildman–Crippen MR) is 119 cm³/mol. The van der Waals surface area contributed by atoms with E-state index in [1.165, 1.54) is 9.71 Å². The molecule has 0 unspecified atom stereocenters. The van der Waals surface area contributed by atoms with Crippen LogP contribution in [0.3, 0.4) is 0 Å². The van der Waals surface area contributed by atoms with E-state index in [1.807, 2.05) is 61.5 Å². The van der Waals surface area contributed by atoms with Crippen molar-refractivity contribution >= 4 is 32.8 Å². The monoisotopic (exact) mass is 424 g/mol. The molecule has 0 bridgehead atoms. The zero-order valence-electron chi connectivity index (χ0n) is 16.9. The van der Waals surface area contributed by atoms with Crippen LogP contribution in [0.25, 0.3) is 17.0 Å². The van der Waals surface area contributed by atoms with Crippen molar-refractivity contribution in [2.75, 3.05) is 26.2 Å². The van der Waals surface area contributed by atoms with E-state index in [0.717, 1.165) is 21.4 Å². The van der Waals surface area contributed by atoms with Gasteiger partial charge in [0, 0.05) is 28.1 Å². The number of hydrogen-bond acceptors (Lipinski definition) is 3. The number of nitrogens with zero attached hydrogens (tertiary/aromatic N) is 1. The standard InChI is InChI=1S/C23H25N3O3S/c1-18(23(27)21-17-24-22-10-6-5-9-20(21)22)25-12-14-26(15-13-25)30(28,29)16-11-19-7-3-2-4-8-19/h2-11,16-18,24H,12-15H2,1H3/p+1/b16-11+/t18-/m1/s1. The van der Waals surface area contributed by atoms with Crippen molar-refractivity contribution in [1.29, 1.82) is 0 Å². The van der Waals surface area contributed by atoms with E-state index in [-0.39, 0.29) is 11.8 Å². The van der Waals surface area contributed by atoms with Gasteiger partial charge in [-0.3, -0.25) is 4.79 Å². The molecule has 1 saturated heterocycles. The quantitative estimate of drug-likeness (QED) is 0.594. The van der Waals surface area contributed by atoms with Gasteiger partial charge in [0.2, 0.25) is 15.8 Å². The summed E-state index contributed by atoms with van der Waals surface area (Å²) >= 11 is 0. The Morgan fingerprint density at radius 1 is 1.07 bits per heavy atom. The average Bonchev–Trinajstić information content (AvgIpc) is 3.22. The summed E-state index contributed by atoms with van der Waals surface area (Å²) in [6.45, 7) is 3.95. The molecule has 2 N–H and O–H groups in total. The Kier molecular flexibility index (Phi) is 5.85. The van der Waals surface area contributed by atoms with E-state index in [0.29, 0.717) is 31.7 Å². The number of H-pyrrole nitrogens is 1.